The summed E-state index contributed by atoms with van der Waals surface area (Å²) in [4.78, 5) is 135. The van der Waals surface area contributed by atoms with Crippen LogP contribution in [0.2, 0.25) is 0 Å². The molecule has 1 fully saturated rings. The molecule has 3 aromatic carbocycles. The van der Waals surface area contributed by atoms with Crippen LogP contribution in [0.4, 0.5) is 33.1 Å². The van der Waals surface area contributed by atoms with Gasteiger partial charge >= 0.3 is 0 Å². The van der Waals surface area contributed by atoms with E-state index in [9.17, 15) is 52.6 Å². The van der Waals surface area contributed by atoms with E-state index in [0.717, 1.165) is 0 Å². The molecule has 0 unspecified atom stereocenters. The lowest BCUT2D eigenvalue weighted by Gasteiger charge is -2.22. The molecule has 7 aromatic heterocycles. The van der Waals surface area contributed by atoms with Gasteiger partial charge in [0.1, 0.15) is 52.3 Å². The van der Waals surface area contributed by atoms with Crippen molar-refractivity contribution < 1.29 is 95.2 Å². The molecule has 1 saturated carbocycles. The highest BCUT2D eigenvalue weighted by molar-refractivity contribution is 6.09. The lowest BCUT2D eigenvalue weighted by molar-refractivity contribution is -0.117. The van der Waals surface area contributed by atoms with Gasteiger partial charge in [0, 0.05) is 133 Å². The van der Waals surface area contributed by atoms with E-state index >= 15 is 0 Å². The molecule has 8 amide bonds. The number of aryl methyl sites for hydroxylation is 8. The Morgan fingerprint density at radius 1 is 0.500 bits per heavy atom. The van der Waals surface area contributed by atoms with Gasteiger partial charge in [-0.15, -0.1) is 0 Å². The fraction of sp³-hybridized carbons (Fsp3) is 0.412. The van der Waals surface area contributed by atoms with Crippen LogP contribution >= 0.6 is 0 Å². The van der Waals surface area contributed by atoms with Crippen molar-refractivity contribution in [1.82, 2.24) is 63.3 Å². The number of fused-ring (bicyclic) bond motifs is 1. The molecule has 10 aromatic rings. The molecule has 11 rings (SSSR count). The highest BCUT2D eigenvalue weighted by atomic mass is 19.1. The van der Waals surface area contributed by atoms with E-state index in [-0.39, 0.29) is 108 Å². The zero-order chi connectivity index (χ0) is 88.6. The first-order valence-electron chi connectivity index (χ1n) is 40.2. The number of nitrogens with zero attached hydrogens (tertiary/aromatic N) is 9. The molecule has 0 saturated heterocycles. The molecule has 124 heavy (non-hydrogen) atoms. The normalized spacial score (nSPS) is 12.3. The number of anilines is 5. The Morgan fingerprint density at radius 3 is 1.53 bits per heavy atom. The second-order valence-corrected chi connectivity index (χ2v) is 30.0. The molecule has 0 bridgehead atoms. The Kier molecular flexibility index (Phi) is 32.2. The summed E-state index contributed by atoms with van der Waals surface area (Å²) >= 11 is 0. The second-order valence-electron chi connectivity index (χ2n) is 30.0. The number of rotatable bonds is 49. The molecule has 0 atom stereocenters. The number of aromatic nitrogens is 10. The van der Waals surface area contributed by atoms with E-state index in [0.29, 0.717) is 174 Å². The third kappa shape index (κ3) is 25.9. The smallest absolute Gasteiger partial charge is 0.291 e. The van der Waals surface area contributed by atoms with Crippen LogP contribution in [0.1, 0.15) is 120 Å². The number of ether oxygens (including phenoxy) is 10. The van der Waals surface area contributed by atoms with Crippen LogP contribution in [-0.4, -0.2) is 231 Å². The average molecular weight is 1720 g/mol. The number of amides is 8. The van der Waals surface area contributed by atoms with E-state index in [1.807, 2.05) is 0 Å². The van der Waals surface area contributed by atoms with Gasteiger partial charge in [-0.05, 0) is 124 Å². The van der Waals surface area contributed by atoms with Crippen LogP contribution in [0.5, 0.6) is 17.2 Å². The van der Waals surface area contributed by atoms with Crippen LogP contribution in [0.3, 0.4) is 0 Å². The maximum Gasteiger partial charge on any atom is 0.291 e. The topological polar surface area (TPSA) is 446 Å². The number of nitrogens with one attached hydrogen (secondary N) is 9. The number of H-pyrrole nitrogens is 1. The van der Waals surface area contributed by atoms with Crippen molar-refractivity contribution in [2.45, 2.75) is 64.5 Å². The molecule has 38 nitrogen and oxygen atoms in total. The van der Waals surface area contributed by atoms with Crippen LogP contribution in [0, 0.1) is 19.7 Å². The number of carbonyl (C=O) groups is 8. The zero-order valence-electron chi connectivity index (χ0n) is 70.8. The van der Waals surface area contributed by atoms with Crippen molar-refractivity contribution in [2.24, 2.45) is 42.3 Å². The van der Waals surface area contributed by atoms with Gasteiger partial charge in [0.15, 0.2) is 17.5 Å². The predicted octanol–water partition coefficient (Wildman–Crippen LogP) is 6.94. The molecule has 1 aliphatic rings. The van der Waals surface area contributed by atoms with Crippen LogP contribution in [-0.2, 0) is 95.4 Å². The minimum absolute atomic E-state index is 0.0276. The molecule has 7 heterocycles. The first kappa shape index (κ1) is 92.0. The van der Waals surface area contributed by atoms with E-state index < -0.39 is 58.4 Å². The first-order chi connectivity index (χ1) is 59.5. The van der Waals surface area contributed by atoms with E-state index in [1.165, 1.54) is 65.7 Å². The van der Waals surface area contributed by atoms with Gasteiger partial charge in [0.05, 0.1) is 129 Å². The van der Waals surface area contributed by atoms with Crippen LogP contribution in [0.25, 0.3) is 22.0 Å². The number of benzene rings is 3. The van der Waals surface area contributed by atoms with Gasteiger partial charge in [-0.3, -0.25) is 43.2 Å². The quantitative estimate of drug-likeness (QED) is 0.0173. The second kappa shape index (κ2) is 43.4. The minimum atomic E-state index is -1.23. The molecule has 0 aliphatic heterocycles. The lowest BCUT2D eigenvalue weighted by atomic mass is 9.93. The molecule has 39 heteroatoms. The number of halogens is 1. The largest absolute Gasteiger partial charge is 0.491 e. The summed E-state index contributed by atoms with van der Waals surface area (Å²) in [5.74, 6) is -2.39. The summed E-state index contributed by atoms with van der Waals surface area (Å²) in [6.07, 6.45) is 11.7. The van der Waals surface area contributed by atoms with Crippen molar-refractivity contribution in [1.29, 1.82) is 0 Å². The third-order valence-electron chi connectivity index (χ3n) is 19.6. The summed E-state index contributed by atoms with van der Waals surface area (Å²) in [6.45, 7) is 13.0. The van der Waals surface area contributed by atoms with Crippen molar-refractivity contribution >= 4 is 86.9 Å². The van der Waals surface area contributed by atoms with Gasteiger partial charge in [-0.25, -0.2) is 19.3 Å². The number of pyridine rings is 1. The number of imidazole rings is 3. The SMILES string of the molecule is Cc1cc(F)cc(C)c1Oc1ccc(C(C)(C)O)cc1-c1cn(C)c(=O)c2[nH]c(C(=O)Nc3ccc(OCCOCCOCCOCCOCCOCCOCCOCCOCCNC(=O)c4nc(NC(=O)CC5(NC(=O)c6cc(NC(=O)c7nc(NC(=O)CCNC(=O)c8cc(NC(=O)c9nccn9C)cn8C)cn7C)cn6C)CC5)cn4C)cc3)cc12. The average Bonchev–Trinajstić information content (AvgIpc) is 1.50. The van der Waals surface area contributed by atoms with Gasteiger partial charge in [-0.1, -0.05) is 6.07 Å². The Morgan fingerprint density at radius 2 is 1.00 bits per heavy atom. The summed E-state index contributed by atoms with van der Waals surface area (Å²) in [5.41, 5.74) is 2.39. The van der Waals surface area contributed by atoms with Crippen molar-refractivity contribution in [3.05, 3.63) is 184 Å². The maximum atomic E-state index is 14.3. The summed E-state index contributed by atoms with van der Waals surface area (Å²) < 4.78 is 80.2. The Balaban J connectivity index is 0.460. The fourth-order valence-electron chi connectivity index (χ4n) is 13.1. The van der Waals surface area contributed by atoms with Crippen molar-refractivity contribution in [3.8, 4) is 28.4 Å². The summed E-state index contributed by atoms with van der Waals surface area (Å²) in [6, 6.07) is 19.5. The highest BCUT2D eigenvalue weighted by Gasteiger charge is 2.46. The molecule has 1 aliphatic carbocycles. The summed E-state index contributed by atoms with van der Waals surface area (Å²) in [5, 5.41) is 33.5. The molecule has 10 N–H and O–H groups in total. The molecular formula is C85H105FN18O20. The molecular weight excluding hydrogens is 1610 g/mol. The Labute approximate surface area is 713 Å². The number of aromatic amines is 1. The minimum Gasteiger partial charge on any atom is -0.491 e. The van der Waals surface area contributed by atoms with Gasteiger partial charge in [0.25, 0.3) is 41.0 Å². The van der Waals surface area contributed by atoms with Gasteiger partial charge in [0.2, 0.25) is 23.5 Å². The van der Waals surface area contributed by atoms with E-state index in [2.05, 4.69) is 62.5 Å². The van der Waals surface area contributed by atoms with Gasteiger partial charge in [-0.2, -0.15) is 0 Å². The predicted molar refractivity (Wildman–Crippen MR) is 454 cm³/mol. The van der Waals surface area contributed by atoms with Crippen LogP contribution in [0.15, 0.2) is 121 Å². The van der Waals surface area contributed by atoms with Gasteiger partial charge < -0.3 is 127 Å². The molecule has 0 spiro atoms. The number of aliphatic hydroxyl groups is 1. The first-order valence-corrected chi connectivity index (χ1v) is 40.2. The lowest BCUT2D eigenvalue weighted by Crippen LogP contribution is -2.40. The molecule has 0 radical (unpaired) electrons. The maximum absolute atomic E-state index is 14.3. The summed E-state index contributed by atoms with van der Waals surface area (Å²) in [7, 11) is 9.75. The Bertz CT molecular complexity index is 5450. The number of carbonyl (C=O) groups excluding carboxylic acids is 8. The number of hydrogen-bond donors (Lipinski definition) is 10. The van der Waals surface area contributed by atoms with E-state index in [4.69, 9.17) is 47.4 Å². The van der Waals surface area contributed by atoms with Crippen molar-refractivity contribution in [3.63, 3.8) is 0 Å². The zero-order valence-corrected chi connectivity index (χ0v) is 70.8. The fourth-order valence-corrected chi connectivity index (χ4v) is 13.1. The van der Waals surface area contributed by atoms with E-state index in [1.54, 1.807) is 148 Å². The monoisotopic (exact) mass is 1720 g/mol. The standard InChI is InChI=1S/C85H105FN18O20/c1-53-41-56(86)42-54(2)73(53)124-67-16-11-55(84(3,4)114)43-61(67)63-50-104(10)83(113)72-62(63)46-64(93-72)77(107)90-57-12-14-60(15-13-57)123-40-39-122-38-37-121-36-35-120-34-33-119-32-31-118-30-29-117-28-27-116-26-25-115-24-22-89-80(110)75-96-69(52-102(75)8)95-71(106)47-85(18-19-85)98-79(109)66-45-59(49-101(66)7)92-82(112)76-97-68(51-103(76)9)94-70(105)17-20-88-78(108)65-44-58(48-100(65)6)91-81(111)74-87-21-23-99(74)5/h11-16,21,23,41-46,48-52,93,114H,17-20,22,24-40,47H2,1-10H3,(H,88,108)(H,89,110)(H,90,107)(H,91,111)(H,92,112)(H,94,105)(H,95,106)(H,98,109). The Hall–Kier alpha value is -12.7. The van der Waals surface area contributed by atoms with Crippen molar-refractivity contribution in [2.75, 3.05) is 152 Å². The van der Waals surface area contributed by atoms with Crippen LogP contribution < -0.4 is 57.6 Å². The molecule has 662 valence electrons. The highest BCUT2D eigenvalue weighted by Crippen LogP contribution is 2.42. The third-order valence-corrected chi connectivity index (χ3v) is 19.6. The number of hydrogen-bond acceptors (Lipinski definition) is 23.